The molecule has 1 atom stereocenters. The third-order valence-corrected chi connectivity index (χ3v) is 2.47. The van der Waals surface area contributed by atoms with Crippen molar-refractivity contribution in [3.8, 4) is 11.8 Å². The predicted molar refractivity (Wildman–Crippen MR) is 52.8 cm³/mol. The molecule has 0 saturated heterocycles. The lowest BCUT2D eigenvalue weighted by Gasteiger charge is -2.30. The molecule has 0 aromatic carbocycles. The molecule has 0 aromatic rings. The van der Waals surface area contributed by atoms with Gasteiger partial charge in [0.15, 0.2) is 0 Å². The zero-order chi connectivity index (χ0) is 12.7. The van der Waals surface area contributed by atoms with Gasteiger partial charge in [0, 0.05) is 12.0 Å². The van der Waals surface area contributed by atoms with Gasteiger partial charge in [0.25, 0.3) is 5.60 Å². The molecule has 0 spiro atoms. The third kappa shape index (κ3) is 2.50. The van der Waals surface area contributed by atoms with Gasteiger partial charge in [-0.25, -0.2) is 4.79 Å². The van der Waals surface area contributed by atoms with Crippen molar-refractivity contribution < 1.29 is 22.7 Å². The summed E-state index contributed by atoms with van der Waals surface area (Å²) in [5.41, 5.74) is -2.94. The molecular formula is C10H7ClF3NO2. The second kappa shape index (κ2) is 3.84. The zero-order valence-electron chi connectivity index (χ0n) is 8.40. The number of carbonyl (C=O) groups is 1. The standard InChI is InChI=1S/C10H7ClF3NO2/c11-7-5-9(10(12,13)14,17-8(16)15-7)4-3-6-1-2-6/h5-6H,1-2H2,(H,15,16)/t9-/m1/s1. The number of hydrogen-bond donors (Lipinski definition) is 1. The van der Waals surface area contributed by atoms with Gasteiger partial charge < -0.3 is 4.74 Å². The van der Waals surface area contributed by atoms with Gasteiger partial charge in [-0.3, -0.25) is 5.32 Å². The van der Waals surface area contributed by atoms with Crippen LogP contribution in [-0.2, 0) is 4.74 Å². The van der Waals surface area contributed by atoms with Gasteiger partial charge in [0.2, 0.25) is 0 Å². The minimum absolute atomic E-state index is 0.0463. The number of alkyl carbamates (subject to hydrolysis) is 1. The summed E-state index contributed by atoms with van der Waals surface area (Å²) in [4.78, 5) is 11.0. The lowest BCUT2D eigenvalue weighted by atomic mass is 10.0. The van der Waals surface area contributed by atoms with Crippen LogP contribution in [0.25, 0.3) is 0 Å². The van der Waals surface area contributed by atoms with Crippen molar-refractivity contribution in [3.63, 3.8) is 0 Å². The number of alkyl halides is 3. The summed E-state index contributed by atoms with van der Waals surface area (Å²) in [6.45, 7) is 0. The van der Waals surface area contributed by atoms with E-state index in [9.17, 15) is 18.0 Å². The molecule has 2 rings (SSSR count). The van der Waals surface area contributed by atoms with Gasteiger partial charge >= 0.3 is 12.3 Å². The molecule has 0 aromatic heterocycles. The van der Waals surface area contributed by atoms with Crippen LogP contribution in [0.1, 0.15) is 12.8 Å². The van der Waals surface area contributed by atoms with E-state index in [2.05, 4.69) is 10.7 Å². The fourth-order valence-electron chi connectivity index (χ4n) is 1.22. The van der Waals surface area contributed by atoms with E-state index in [1.54, 1.807) is 0 Å². The summed E-state index contributed by atoms with van der Waals surface area (Å²) >= 11 is 5.41. The first-order valence-electron chi connectivity index (χ1n) is 4.80. The molecule has 17 heavy (non-hydrogen) atoms. The van der Waals surface area contributed by atoms with E-state index in [1.165, 1.54) is 0 Å². The van der Waals surface area contributed by atoms with Crippen LogP contribution in [-0.4, -0.2) is 17.9 Å². The van der Waals surface area contributed by atoms with Crippen molar-refractivity contribution >= 4 is 17.7 Å². The first kappa shape index (κ1) is 12.1. The molecule has 1 fully saturated rings. The lowest BCUT2D eigenvalue weighted by Crippen LogP contribution is -2.51. The first-order chi connectivity index (χ1) is 7.82. The fourth-order valence-corrected chi connectivity index (χ4v) is 1.45. The van der Waals surface area contributed by atoms with Crippen molar-refractivity contribution in [2.24, 2.45) is 5.92 Å². The van der Waals surface area contributed by atoms with Crippen LogP contribution >= 0.6 is 11.6 Å². The largest absolute Gasteiger partial charge is 0.444 e. The summed E-state index contributed by atoms with van der Waals surface area (Å²) < 4.78 is 43.0. The molecule has 1 aliphatic heterocycles. The van der Waals surface area contributed by atoms with Gasteiger partial charge in [-0.2, -0.15) is 13.2 Å². The highest BCUT2D eigenvalue weighted by Crippen LogP contribution is 2.38. The van der Waals surface area contributed by atoms with Gasteiger partial charge in [0.1, 0.15) is 5.16 Å². The van der Waals surface area contributed by atoms with Crippen LogP contribution < -0.4 is 5.32 Å². The molecule has 1 N–H and O–H groups in total. The molecule has 1 heterocycles. The summed E-state index contributed by atoms with van der Waals surface area (Å²) in [5, 5.41) is 1.47. The van der Waals surface area contributed by atoms with Crippen LogP contribution in [0.4, 0.5) is 18.0 Å². The first-order valence-corrected chi connectivity index (χ1v) is 5.18. The highest BCUT2D eigenvalue weighted by atomic mass is 35.5. The third-order valence-electron chi connectivity index (χ3n) is 2.27. The van der Waals surface area contributed by atoms with Gasteiger partial charge in [-0.05, 0) is 18.8 Å². The smallest absolute Gasteiger partial charge is 0.416 e. The van der Waals surface area contributed by atoms with Gasteiger partial charge in [-0.1, -0.05) is 17.5 Å². The van der Waals surface area contributed by atoms with Crippen molar-refractivity contribution in [2.75, 3.05) is 0 Å². The second-order valence-corrected chi connectivity index (χ2v) is 4.19. The number of amides is 1. The number of hydrogen-bond acceptors (Lipinski definition) is 2. The van der Waals surface area contributed by atoms with Crippen LogP contribution in [0.2, 0.25) is 0 Å². The summed E-state index contributed by atoms with van der Waals surface area (Å²) in [6.07, 6.45) is -3.99. The SMILES string of the molecule is O=C1NC(Cl)=C[C@](C#CC2CC2)(C(F)(F)F)O1. The Labute approximate surface area is 99.9 Å². The lowest BCUT2D eigenvalue weighted by molar-refractivity contribution is -0.217. The van der Waals surface area contributed by atoms with Gasteiger partial charge in [-0.15, -0.1) is 0 Å². The number of ether oxygens (including phenoxy) is 1. The maximum absolute atomic E-state index is 12.9. The zero-order valence-corrected chi connectivity index (χ0v) is 9.15. The number of carbonyl (C=O) groups excluding carboxylic acids is 1. The molecule has 92 valence electrons. The van der Waals surface area contributed by atoms with Crippen LogP contribution in [0.3, 0.4) is 0 Å². The maximum Gasteiger partial charge on any atom is 0.444 e. The average Bonchev–Trinajstić information content (AvgIpc) is 2.94. The molecule has 2 aliphatic rings. The van der Waals surface area contributed by atoms with Crippen LogP contribution in [0.5, 0.6) is 0 Å². The number of cyclic esters (lactones) is 1. The second-order valence-electron chi connectivity index (χ2n) is 3.78. The molecule has 7 heteroatoms. The summed E-state index contributed by atoms with van der Waals surface area (Å²) in [5.74, 6) is 4.37. The van der Waals surface area contributed by atoms with E-state index in [1.807, 2.05) is 11.2 Å². The van der Waals surface area contributed by atoms with E-state index in [0.29, 0.717) is 6.08 Å². The molecule has 0 bridgehead atoms. The Hall–Kier alpha value is -1.35. The highest BCUT2D eigenvalue weighted by molar-refractivity contribution is 6.30. The van der Waals surface area contributed by atoms with Crippen LogP contribution in [0.15, 0.2) is 11.2 Å². The molecule has 0 radical (unpaired) electrons. The van der Waals surface area contributed by atoms with Crippen LogP contribution in [0, 0.1) is 17.8 Å². The average molecular weight is 266 g/mol. The Kier molecular flexibility index (Phi) is 2.74. The minimum atomic E-state index is -4.83. The number of halogens is 4. The van der Waals surface area contributed by atoms with E-state index in [4.69, 9.17) is 11.6 Å². The molecule has 0 unspecified atom stereocenters. The van der Waals surface area contributed by atoms with Gasteiger partial charge in [0.05, 0.1) is 0 Å². The maximum atomic E-state index is 12.9. The Morgan fingerprint density at radius 3 is 2.65 bits per heavy atom. The van der Waals surface area contributed by atoms with Crippen molar-refractivity contribution in [1.29, 1.82) is 0 Å². The minimum Gasteiger partial charge on any atom is -0.416 e. The Bertz CT molecular complexity index is 445. The number of nitrogens with one attached hydrogen (secondary N) is 1. The Morgan fingerprint density at radius 1 is 1.53 bits per heavy atom. The van der Waals surface area contributed by atoms with E-state index < -0.39 is 23.0 Å². The van der Waals surface area contributed by atoms with Crippen molar-refractivity contribution in [3.05, 3.63) is 11.2 Å². The Balaban J connectivity index is 2.40. The fraction of sp³-hybridized carbons (Fsp3) is 0.500. The van der Waals surface area contributed by atoms with Crippen molar-refractivity contribution in [2.45, 2.75) is 24.6 Å². The normalized spacial score (nSPS) is 28.5. The Morgan fingerprint density at radius 2 is 2.18 bits per heavy atom. The molecule has 3 nitrogen and oxygen atoms in total. The summed E-state index contributed by atoms with van der Waals surface area (Å²) in [7, 11) is 0. The highest BCUT2D eigenvalue weighted by Gasteiger charge is 2.58. The van der Waals surface area contributed by atoms with Crippen molar-refractivity contribution in [1.82, 2.24) is 5.32 Å². The molecule has 1 saturated carbocycles. The summed E-state index contributed by atoms with van der Waals surface area (Å²) in [6, 6.07) is 0. The van der Waals surface area contributed by atoms with E-state index >= 15 is 0 Å². The monoisotopic (exact) mass is 265 g/mol. The molecule has 1 aliphatic carbocycles. The number of rotatable bonds is 0. The topological polar surface area (TPSA) is 38.3 Å². The molecular weight excluding hydrogens is 259 g/mol. The predicted octanol–water partition coefficient (Wildman–Crippen LogP) is 2.52. The van der Waals surface area contributed by atoms with E-state index in [-0.39, 0.29) is 5.92 Å². The quantitative estimate of drug-likeness (QED) is 0.540. The van der Waals surface area contributed by atoms with E-state index in [0.717, 1.165) is 12.8 Å². The molecule has 1 amide bonds.